The molecule has 3 unspecified atom stereocenters. The lowest BCUT2D eigenvalue weighted by Crippen LogP contribution is -2.47. The van der Waals surface area contributed by atoms with Crippen molar-refractivity contribution in [3.63, 3.8) is 0 Å². The molecule has 3 rings (SSSR count). The lowest BCUT2D eigenvalue weighted by Gasteiger charge is -2.30. The minimum Gasteiger partial charge on any atom is -0.368 e. The number of hydrogen-bond donors (Lipinski definition) is 2. The van der Waals surface area contributed by atoms with Gasteiger partial charge in [0.15, 0.2) is 0 Å². The van der Waals surface area contributed by atoms with Crippen LogP contribution in [0.1, 0.15) is 31.0 Å². The predicted molar refractivity (Wildman–Crippen MR) is 100.0 cm³/mol. The van der Waals surface area contributed by atoms with E-state index in [1.165, 1.54) is 6.07 Å². The highest BCUT2D eigenvalue weighted by molar-refractivity contribution is 5.84. The zero-order valence-corrected chi connectivity index (χ0v) is 14.8. The Labute approximate surface area is 152 Å². The first-order valence-corrected chi connectivity index (χ1v) is 8.54. The van der Waals surface area contributed by atoms with Gasteiger partial charge in [0.25, 0.3) is 5.69 Å². The number of nitrogens with two attached hydrogens (primary N) is 1. The number of nitrogens with zero attached hydrogens (tertiary/aromatic N) is 2. The molecule has 7 heteroatoms. The highest BCUT2D eigenvalue weighted by atomic mass is 16.6. The van der Waals surface area contributed by atoms with E-state index < -0.39 is 11.9 Å². The molecule has 2 aromatic rings. The van der Waals surface area contributed by atoms with Crippen LogP contribution in [-0.2, 0) is 4.79 Å². The van der Waals surface area contributed by atoms with Gasteiger partial charge in [-0.25, -0.2) is 0 Å². The number of carbonyl (C=O) groups is 1. The first-order valence-electron chi connectivity index (χ1n) is 8.54. The highest BCUT2D eigenvalue weighted by Gasteiger charge is 2.35. The maximum Gasteiger partial charge on any atom is 0.276 e. The molecule has 3 atom stereocenters. The molecule has 1 aliphatic rings. The fourth-order valence-electron chi connectivity index (χ4n) is 3.49. The zero-order valence-electron chi connectivity index (χ0n) is 14.8. The summed E-state index contributed by atoms with van der Waals surface area (Å²) >= 11 is 0. The maximum atomic E-state index is 11.8. The maximum absolute atomic E-state index is 11.8. The average Bonchev–Trinajstić information content (AvgIpc) is 2.78. The summed E-state index contributed by atoms with van der Waals surface area (Å²) in [5.74, 6) is -0.465. The van der Waals surface area contributed by atoms with Crippen molar-refractivity contribution >= 4 is 17.3 Å². The van der Waals surface area contributed by atoms with Gasteiger partial charge in [-0.05, 0) is 25.5 Å². The van der Waals surface area contributed by atoms with Gasteiger partial charge in [-0.1, -0.05) is 36.4 Å². The lowest BCUT2D eigenvalue weighted by atomic mass is 9.95. The second-order valence-electron chi connectivity index (χ2n) is 6.61. The fourth-order valence-corrected chi connectivity index (χ4v) is 3.49. The molecule has 0 spiro atoms. The van der Waals surface area contributed by atoms with Crippen molar-refractivity contribution in [3.05, 3.63) is 69.8 Å². The van der Waals surface area contributed by atoms with Crippen molar-refractivity contribution in [1.29, 1.82) is 0 Å². The summed E-state index contributed by atoms with van der Waals surface area (Å²) in [6, 6.07) is 13.6. The summed E-state index contributed by atoms with van der Waals surface area (Å²) in [5.41, 5.74) is 7.71. The molecule has 1 amide bonds. The van der Waals surface area contributed by atoms with Crippen molar-refractivity contribution in [1.82, 2.24) is 5.32 Å². The number of benzene rings is 2. The highest BCUT2D eigenvalue weighted by Crippen LogP contribution is 2.40. The van der Waals surface area contributed by atoms with E-state index in [0.29, 0.717) is 17.8 Å². The zero-order chi connectivity index (χ0) is 18.8. The van der Waals surface area contributed by atoms with Crippen LogP contribution in [0.2, 0.25) is 0 Å². The molecule has 3 N–H and O–H groups in total. The van der Waals surface area contributed by atoms with Crippen LogP contribution in [0.3, 0.4) is 0 Å². The van der Waals surface area contributed by atoms with Crippen LogP contribution in [-0.4, -0.2) is 29.5 Å². The van der Waals surface area contributed by atoms with E-state index in [1.807, 2.05) is 48.2 Å². The Kier molecular flexibility index (Phi) is 4.90. The van der Waals surface area contributed by atoms with Crippen molar-refractivity contribution in [2.45, 2.75) is 32.0 Å². The second kappa shape index (κ2) is 7.13. The molecule has 0 radical (unpaired) electrons. The number of anilines is 1. The molecule has 1 heterocycles. The van der Waals surface area contributed by atoms with Gasteiger partial charge in [0.05, 0.1) is 16.5 Å². The van der Waals surface area contributed by atoms with E-state index >= 15 is 0 Å². The number of nitrogens with one attached hydrogen (secondary N) is 1. The minimum atomic E-state index is -0.575. The van der Waals surface area contributed by atoms with Gasteiger partial charge < -0.3 is 16.0 Å². The lowest BCUT2D eigenvalue weighted by molar-refractivity contribution is -0.385. The van der Waals surface area contributed by atoms with E-state index in [2.05, 4.69) is 5.32 Å². The molecule has 0 bridgehead atoms. The second-order valence-corrected chi connectivity index (χ2v) is 6.61. The SMILES string of the molecule is CC1CN(C(C)C(N)=O)c2cccc([N+](=O)[O-])c2C(c2ccccc2)N1. The van der Waals surface area contributed by atoms with Crippen molar-refractivity contribution in [2.75, 3.05) is 11.4 Å². The van der Waals surface area contributed by atoms with Crippen LogP contribution in [0.4, 0.5) is 11.4 Å². The fraction of sp³-hybridized carbons (Fsp3) is 0.316. The van der Waals surface area contributed by atoms with Crippen LogP contribution in [0.25, 0.3) is 0 Å². The quantitative estimate of drug-likeness (QED) is 0.648. The Balaban J connectivity index is 2.25. The standard InChI is InChI=1S/C19H22N4O3/c1-12-11-22(13(2)19(20)24)15-9-6-10-16(23(25)26)17(15)18(21-12)14-7-4-3-5-8-14/h3-10,12-13,18,21H,11H2,1-2H3,(H2,20,24). The van der Waals surface area contributed by atoms with Gasteiger partial charge >= 0.3 is 0 Å². The molecular formula is C19H22N4O3. The molecule has 26 heavy (non-hydrogen) atoms. The number of nitro groups is 1. The summed E-state index contributed by atoms with van der Waals surface area (Å²) in [7, 11) is 0. The number of hydrogen-bond acceptors (Lipinski definition) is 5. The summed E-state index contributed by atoms with van der Waals surface area (Å²) in [6.45, 7) is 4.23. The Morgan fingerprint density at radius 3 is 2.58 bits per heavy atom. The largest absolute Gasteiger partial charge is 0.368 e. The average molecular weight is 354 g/mol. The van der Waals surface area contributed by atoms with Gasteiger partial charge in [0, 0.05) is 24.3 Å². The normalized spacial score (nSPS) is 20.8. The third kappa shape index (κ3) is 3.25. The molecule has 7 nitrogen and oxygen atoms in total. The van der Waals surface area contributed by atoms with E-state index in [-0.39, 0.29) is 22.7 Å². The minimum absolute atomic E-state index is 0.00555. The van der Waals surface area contributed by atoms with E-state index in [4.69, 9.17) is 5.73 Å². The van der Waals surface area contributed by atoms with Crippen LogP contribution in [0.15, 0.2) is 48.5 Å². The molecule has 2 aromatic carbocycles. The molecule has 0 aliphatic carbocycles. The van der Waals surface area contributed by atoms with E-state index in [0.717, 1.165) is 5.56 Å². The number of primary amides is 1. The number of fused-ring (bicyclic) bond motifs is 1. The first kappa shape index (κ1) is 17.9. The molecule has 0 saturated heterocycles. The number of rotatable bonds is 4. The van der Waals surface area contributed by atoms with Gasteiger partial charge in [0.1, 0.15) is 6.04 Å². The Morgan fingerprint density at radius 2 is 1.96 bits per heavy atom. The summed E-state index contributed by atoms with van der Waals surface area (Å²) in [4.78, 5) is 25.0. The number of nitro benzene ring substituents is 1. The smallest absolute Gasteiger partial charge is 0.276 e. The molecule has 136 valence electrons. The topological polar surface area (TPSA) is 102 Å². The molecule has 1 aliphatic heterocycles. The van der Waals surface area contributed by atoms with Gasteiger partial charge in [-0.15, -0.1) is 0 Å². The molecule has 0 saturated carbocycles. The monoisotopic (exact) mass is 354 g/mol. The third-order valence-electron chi connectivity index (χ3n) is 4.79. The number of amides is 1. The van der Waals surface area contributed by atoms with Gasteiger partial charge in [0.2, 0.25) is 5.91 Å². The van der Waals surface area contributed by atoms with Gasteiger partial charge in [-0.2, -0.15) is 0 Å². The van der Waals surface area contributed by atoms with E-state index in [1.54, 1.807) is 13.0 Å². The van der Waals surface area contributed by atoms with Crippen molar-refractivity contribution in [2.24, 2.45) is 5.73 Å². The van der Waals surface area contributed by atoms with E-state index in [9.17, 15) is 14.9 Å². The van der Waals surface area contributed by atoms with Crippen molar-refractivity contribution < 1.29 is 9.72 Å². The van der Waals surface area contributed by atoms with Crippen LogP contribution in [0.5, 0.6) is 0 Å². The molecular weight excluding hydrogens is 332 g/mol. The van der Waals surface area contributed by atoms with Crippen LogP contribution >= 0.6 is 0 Å². The first-order chi connectivity index (χ1) is 12.4. The summed E-state index contributed by atoms with van der Waals surface area (Å²) < 4.78 is 0. The van der Waals surface area contributed by atoms with Crippen molar-refractivity contribution in [3.8, 4) is 0 Å². The number of carbonyl (C=O) groups excluding carboxylic acids is 1. The van der Waals surface area contributed by atoms with Gasteiger partial charge in [-0.3, -0.25) is 14.9 Å². The Bertz CT molecular complexity index is 825. The Morgan fingerprint density at radius 1 is 1.27 bits per heavy atom. The summed E-state index contributed by atoms with van der Waals surface area (Å²) in [6.07, 6.45) is 0. The summed E-state index contributed by atoms with van der Waals surface area (Å²) in [5, 5.41) is 15.2. The Hall–Kier alpha value is -2.93. The molecule has 0 aromatic heterocycles. The van der Waals surface area contributed by atoms with Crippen LogP contribution < -0.4 is 16.0 Å². The molecule has 0 fully saturated rings. The third-order valence-corrected chi connectivity index (χ3v) is 4.79. The predicted octanol–water partition coefficient (Wildman–Crippen LogP) is 2.36. The van der Waals surface area contributed by atoms with Crippen LogP contribution in [0, 0.1) is 10.1 Å².